The lowest BCUT2D eigenvalue weighted by Crippen LogP contribution is -2.05. The number of hydrogen-bond donors (Lipinski definition) is 0. The van der Waals surface area contributed by atoms with Gasteiger partial charge >= 0.3 is 5.97 Å². The van der Waals surface area contributed by atoms with Crippen LogP contribution in [0.5, 0.6) is 0 Å². The molecule has 0 N–H and O–H groups in total. The molecule has 88 valence electrons. The quantitative estimate of drug-likeness (QED) is 0.759. The average Bonchev–Trinajstić information content (AvgIpc) is 2.38. The van der Waals surface area contributed by atoms with Crippen molar-refractivity contribution in [1.82, 2.24) is 4.98 Å². The van der Waals surface area contributed by atoms with Gasteiger partial charge < -0.3 is 4.74 Å². The van der Waals surface area contributed by atoms with Gasteiger partial charge in [0.15, 0.2) is 0 Å². The summed E-state index contributed by atoms with van der Waals surface area (Å²) in [6, 6.07) is 6.25. The number of aromatic nitrogens is 1. The zero-order chi connectivity index (χ0) is 12.3. The van der Waals surface area contributed by atoms with Gasteiger partial charge in [-0.15, -0.1) is 0 Å². The smallest absolute Gasteiger partial charge is 0.310 e. The van der Waals surface area contributed by atoms with Crippen molar-refractivity contribution in [2.24, 2.45) is 0 Å². The van der Waals surface area contributed by atoms with E-state index in [4.69, 9.17) is 4.74 Å². The molecule has 0 spiro atoms. The van der Waals surface area contributed by atoms with Crippen molar-refractivity contribution < 1.29 is 9.53 Å². The van der Waals surface area contributed by atoms with E-state index < -0.39 is 0 Å². The van der Waals surface area contributed by atoms with E-state index in [0.717, 1.165) is 22.8 Å². The highest BCUT2D eigenvalue weighted by Crippen LogP contribution is 2.20. The Morgan fingerprint density at radius 1 is 1.35 bits per heavy atom. The van der Waals surface area contributed by atoms with E-state index in [2.05, 4.69) is 24.0 Å². The van der Waals surface area contributed by atoms with Crippen molar-refractivity contribution in [1.29, 1.82) is 0 Å². The first kappa shape index (κ1) is 11.6. The van der Waals surface area contributed by atoms with Crippen molar-refractivity contribution in [3.63, 3.8) is 0 Å². The highest BCUT2D eigenvalue weighted by atomic mass is 16.5. The first-order valence-electron chi connectivity index (χ1n) is 5.67. The first-order valence-corrected chi connectivity index (χ1v) is 5.67. The number of nitrogens with zero attached hydrogens (tertiary/aromatic N) is 1. The third-order valence-electron chi connectivity index (χ3n) is 2.88. The van der Waals surface area contributed by atoms with E-state index >= 15 is 0 Å². The fourth-order valence-corrected chi connectivity index (χ4v) is 1.86. The zero-order valence-electron chi connectivity index (χ0n) is 10.1. The second-order valence-corrected chi connectivity index (χ2v) is 3.96. The molecule has 0 unspecified atom stereocenters. The number of carbonyl (C=O) groups is 1. The van der Waals surface area contributed by atoms with E-state index in [1.54, 1.807) is 6.20 Å². The van der Waals surface area contributed by atoms with Crippen LogP contribution >= 0.6 is 0 Å². The maximum atomic E-state index is 11.3. The van der Waals surface area contributed by atoms with Crippen LogP contribution in [0.25, 0.3) is 10.8 Å². The molecular weight excluding hydrogens is 214 g/mol. The van der Waals surface area contributed by atoms with Crippen LogP contribution < -0.4 is 0 Å². The largest absolute Gasteiger partial charge is 0.469 e. The molecule has 0 radical (unpaired) electrons. The summed E-state index contributed by atoms with van der Waals surface area (Å²) < 4.78 is 4.69. The molecule has 0 atom stereocenters. The lowest BCUT2D eigenvalue weighted by atomic mass is 10.0. The fourth-order valence-electron chi connectivity index (χ4n) is 1.86. The minimum Gasteiger partial charge on any atom is -0.469 e. The van der Waals surface area contributed by atoms with Gasteiger partial charge in [0.25, 0.3) is 0 Å². The van der Waals surface area contributed by atoms with Gasteiger partial charge in [-0.3, -0.25) is 9.78 Å². The standard InChI is InChI=1S/C14H15NO2/c1-3-10-4-5-11-8-15-9-12(13(11)6-10)7-14(16)17-2/h4-6,8-9H,3,7H2,1-2H3. The number of rotatable bonds is 3. The monoisotopic (exact) mass is 229 g/mol. The Labute approximate surface area is 100 Å². The van der Waals surface area contributed by atoms with Crippen LogP contribution in [0.3, 0.4) is 0 Å². The van der Waals surface area contributed by atoms with Crippen molar-refractivity contribution in [2.45, 2.75) is 19.8 Å². The van der Waals surface area contributed by atoms with E-state index in [-0.39, 0.29) is 12.4 Å². The van der Waals surface area contributed by atoms with Crippen LogP contribution in [-0.2, 0) is 22.4 Å². The molecule has 2 aromatic rings. The lowest BCUT2D eigenvalue weighted by Gasteiger charge is -2.06. The molecule has 3 heteroatoms. The number of methoxy groups -OCH3 is 1. The molecule has 1 aromatic carbocycles. The topological polar surface area (TPSA) is 39.2 Å². The van der Waals surface area contributed by atoms with Gasteiger partial charge in [-0.05, 0) is 22.9 Å². The zero-order valence-corrected chi connectivity index (χ0v) is 10.1. The third kappa shape index (κ3) is 2.44. The molecule has 0 bridgehead atoms. The van der Waals surface area contributed by atoms with Crippen LogP contribution in [0.4, 0.5) is 0 Å². The number of esters is 1. The third-order valence-corrected chi connectivity index (χ3v) is 2.88. The normalized spacial score (nSPS) is 10.5. The average molecular weight is 229 g/mol. The van der Waals surface area contributed by atoms with Crippen LogP contribution in [0, 0.1) is 0 Å². The molecular formula is C14H15NO2. The number of carbonyl (C=O) groups excluding carboxylic acids is 1. The summed E-state index contributed by atoms with van der Waals surface area (Å²) in [7, 11) is 1.40. The van der Waals surface area contributed by atoms with Gasteiger partial charge in [0, 0.05) is 17.8 Å². The number of ether oxygens (including phenoxy) is 1. The SMILES string of the molecule is CCc1ccc2cncc(CC(=O)OC)c2c1. The molecule has 0 aliphatic rings. The van der Waals surface area contributed by atoms with Gasteiger partial charge in [0.05, 0.1) is 13.5 Å². The van der Waals surface area contributed by atoms with Crippen LogP contribution in [0.1, 0.15) is 18.1 Å². The lowest BCUT2D eigenvalue weighted by molar-refractivity contribution is -0.139. The molecule has 1 heterocycles. The predicted molar refractivity (Wildman–Crippen MR) is 66.8 cm³/mol. The van der Waals surface area contributed by atoms with Gasteiger partial charge in [0.1, 0.15) is 0 Å². The number of aryl methyl sites for hydroxylation is 1. The minimum atomic E-state index is -0.235. The molecule has 17 heavy (non-hydrogen) atoms. The van der Waals surface area contributed by atoms with Gasteiger partial charge in [-0.2, -0.15) is 0 Å². The maximum absolute atomic E-state index is 11.3. The summed E-state index contributed by atoms with van der Waals surface area (Å²) in [5, 5.41) is 2.15. The highest BCUT2D eigenvalue weighted by molar-refractivity contribution is 5.88. The van der Waals surface area contributed by atoms with E-state index in [9.17, 15) is 4.79 Å². The van der Waals surface area contributed by atoms with E-state index in [1.165, 1.54) is 12.7 Å². The Morgan fingerprint density at radius 3 is 2.88 bits per heavy atom. The highest BCUT2D eigenvalue weighted by Gasteiger charge is 2.07. The summed E-state index contributed by atoms with van der Waals surface area (Å²) in [6.07, 6.45) is 4.80. The van der Waals surface area contributed by atoms with Crippen molar-refractivity contribution in [3.05, 3.63) is 41.7 Å². The molecule has 0 aliphatic heterocycles. The molecule has 0 aliphatic carbocycles. The summed E-state index contributed by atoms with van der Waals surface area (Å²) in [5.74, 6) is -0.235. The van der Waals surface area contributed by atoms with Crippen molar-refractivity contribution >= 4 is 16.7 Å². The predicted octanol–water partition coefficient (Wildman–Crippen LogP) is 2.51. The van der Waals surface area contributed by atoms with Gasteiger partial charge in [-0.1, -0.05) is 25.1 Å². The van der Waals surface area contributed by atoms with E-state index in [1.807, 2.05) is 12.3 Å². The van der Waals surface area contributed by atoms with Crippen LogP contribution in [-0.4, -0.2) is 18.1 Å². The molecule has 3 nitrogen and oxygen atoms in total. The Balaban J connectivity index is 2.50. The van der Waals surface area contributed by atoms with Crippen molar-refractivity contribution in [3.8, 4) is 0 Å². The molecule has 2 rings (SSSR count). The number of hydrogen-bond acceptors (Lipinski definition) is 3. The Kier molecular flexibility index (Phi) is 3.38. The second-order valence-electron chi connectivity index (χ2n) is 3.96. The fraction of sp³-hybridized carbons (Fsp3) is 0.286. The van der Waals surface area contributed by atoms with Crippen LogP contribution in [0.2, 0.25) is 0 Å². The Morgan fingerprint density at radius 2 is 2.18 bits per heavy atom. The van der Waals surface area contributed by atoms with Crippen LogP contribution in [0.15, 0.2) is 30.6 Å². The maximum Gasteiger partial charge on any atom is 0.310 e. The summed E-state index contributed by atoms with van der Waals surface area (Å²) in [6.45, 7) is 2.11. The second kappa shape index (κ2) is 4.95. The minimum absolute atomic E-state index is 0.235. The van der Waals surface area contributed by atoms with Crippen molar-refractivity contribution in [2.75, 3.05) is 7.11 Å². The first-order chi connectivity index (χ1) is 8.24. The van der Waals surface area contributed by atoms with Gasteiger partial charge in [0.2, 0.25) is 0 Å². The van der Waals surface area contributed by atoms with E-state index in [0.29, 0.717) is 0 Å². The molecule has 0 fully saturated rings. The summed E-state index contributed by atoms with van der Waals surface area (Å²) in [4.78, 5) is 15.5. The Hall–Kier alpha value is -1.90. The number of fused-ring (bicyclic) bond motifs is 1. The summed E-state index contributed by atoms with van der Waals surface area (Å²) >= 11 is 0. The molecule has 0 amide bonds. The number of benzene rings is 1. The van der Waals surface area contributed by atoms with Gasteiger partial charge in [-0.25, -0.2) is 0 Å². The molecule has 1 aromatic heterocycles. The molecule has 0 saturated heterocycles. The Bertz CT molecular complexity index is 549. The number of pyridine rings is 1. The molecule has 0 saturated carbocycles. The summed E-state index contributed by atoms with van der Waals surface area (Å²) in [5.41, 5.74) is 2.18.